The molecule has 0 aromatic heterocycles. The van der Waals surface area contributed by atoms with Gasteiger partial charge in [-0.05, 0) is 94.0 Å². The number of aryl methyl sites for hydroxylation is 1. The summed E-state index contributed by atoms with van der Waals surface area (Å²) >= 11 is 0. The first kappa shape index (κ1) is 21.9. The van der Waals surface area contributed by atoms with Crippen LogP contribution < -0.4 is 15.1 Å². The van der Waals surface area contributed by atoms with Crippen molar-refractivity contribution in [2.24, 2.45) is 5.10 Å². The molecule has 1 amide bonds. The fourth-order valence-electron chi connectivity index (χ4n) is 4.72. The van der Waals surface area contributed by atoms with Crippen molar-refractivity contribution < 1.29 is 9.53 Å². The first-order valence-electron chi connectivity index (χ1n) is 10.6. The van der Waals surface area contributed by atoms with E-state index in [-0.39, 0.29) is 11.4 Å². The predicted molar refractivity (Wildman–Crippen MR) is 124 cm³/mol. The Bertz CT molecular complexity index is 963. The molecule has 1 aliphatic heterocycles. The summed E-state index contributed by atoms with van der Waals surface area (Å²) in [5.41, 5.74) is 8.07. The lowest BCUT2D eigenvalue weighted by Gasteiger charge is -2.50. The fourth-order valence-corrected chi connectivity index (χ4v) is 4.72. The van der Waals surface area contributed by atoms with E-state index in [0.717, 1.165) is 17.5 Å². The van der Waals surface area contributed by atoms with Crippen LogP contribution in [0.15, 0.2) is 41.5 Å². The maximum absolute atomic E-state index is 12.4. The van der Waals surface area contributed by atoms with Crippen molar-refractivity contribution in [2.75, 3.05) is 12.0 Å². The van der Waals surface area contributed by atoms with E-state index in [4.69, 9.17) is 4.74 Å². The Morgan fingerprint density at radius 1 is 1.30 bits per heavy atom. The van der Waals surface area contributed by atoms with Crippen molar-refractivity contribution in [1.29, 1.82) is 0 Å². The molecular formula is C25H33N3O2. The lowest BCUT2D eigenvalue weighted by molar-refractivity contribution is 0.0955. The van der Waals surface area contributed by atoms with Gasteiger partial charge in [0.05, 0.1) is 13.3 Å². The molecule has 30 heavy (non-hydrogen) atoms. The van der Waals surface area contributed by atoms with Gasteiger partial charge in [-0.1, -0.05) is 13.0 Å². The third-order valence-electron chi connectivity index (χ3n) is 5.88. The van der Waals surface area contributed by atoms with Gasteiger partial charge in [0.25, 0.3) is 5.91 Å². The summed E-state index contributed by atoms with van der Waals surface area (Å²) in [7, 11) is 1.58. The monoisotopic (exact) mass is 407 g/mol. The Morgan fingerprint density at radius 2 is 2.03 bits per heavy atom. The van der Waals surface area contributed by atoms with Gasteiger partial charge in [0, 0.05) is 22.8 Å². The molecule has 1 atom stereocenters. The summed E-state index contributed by atoms with van der Waals surface area (Å²) in [5.74, 6) is 0.842. The Hall–Kier alpha value is -2.82. The number of hydrogen-bond donors (Lipinski definition) is 1. The molecule has 0 fully saturated rings. The lowest BCUT2D eigenvalue weighted by Crippen LogP contribution is -2.51. The highest BCUT2D eigenvalue weighted by atomic mass is 16.5. The normalized spacial score (nSPS) is 17.9. The number of ether oxygens (including phenoxy) is 1. The number of methoxy groups -OCH3 is 1. The molecule has 160 valence electrons. The van der Waals surface area contributed by atoms with Crippen molar-refractivity contribution in [3.05, 3.63) is 58.7 Å². The second-order valence-electron chi connectivity index (χ2n) is 9.08. The minimum atomic E-state index is -0.262. The molecule has 1 N–H and O–H groups in total. The van der Waals surface area contributed by atoms with Gasteiger partial charge >= 0.3 is 0 Å². The van der Waals surface area contributed by atoms with Crippen LogP contribution in [0.2, 0.25) is 0 Å². The molecular weight excluding hydrogens is 374 g/mol. The second kappa shape index (κ2) is 8.50. The topological polar surface area (TPSA) is 53.9 Å². The number of fused-ring (bicyclic) bond motifs is 1. The van der Waals surface area contributed by atoms with E-state index in [9.17, 15) is 4.79 Å². The Labute approximate surface area is 180 Å². The van der Waals surface area contributed by atoms with Crippen molar-refractivity contribution >= 4 is 17.8 Å². The maximum atomic E-state index is 12.4. The van der Waals surface area contributed by atoms with Crippen LogP contribution in [0.4, 0.5) is 5.69 Å². The largest absolute Gasteiger partial charge is 0.497 e. The Balaban J connectivity index is 1.84. The van der Waals surface area contributed by atoms with Crippen LogP contribution >= 0.6 is 0 Å². The molecule has 5 nitrogen and oxygen atoms in total. The van der Waals surface area contributed by atoms with Crippen LogP contribution in [0.3, 0.4) is 0 Å². The summed E-state index contributed by atoms with van der Waals surface area (Å²) < 4.78 is 5.18. The SMILES string of the molecule is COc1cccc(C(=O)N/N=C\c2cc3c(cc2C)N(C(C)C)C(C)(C)C[C@H]3C)c1. The zero-order chi connectivity index (χ0) is 22.1. The van der Waals surface area contributed by atoms with E-state index in [2.05, 4.69) is 69.1 Å². The second-order valence-corrected chi connectivity index (χ2v) is 9.08. The summed E-state index contributed by atoms with van der Waals surface area (Å²) in [6.45, 7) is 13.5. The summed E-state index contributed by atoms with van der Waals surface area (Å²) in [4.78, 5) is 14.9. The number of rotatable bonds is 5. The summed E-state index contributed by atoms with van der Waals surface area (Å²) in [6, 6.07) is 11.9. The number of hydrogen-bond acceptors (Lipinski definition) is 4. The molecule has 2 aromatic rings. The lowest BCUT2D eigenvalue weighted by atomic mass is 9.78. The fraction of sp³-hybridized carbons (Fsp3) is 0.440. The molecule has 0 spiro atoms. The molecule has 0 bridgehead atoms. The third-order valence-corrected chi connectivity index (χ3v) is 5.88. The highest BCUT2D eigenvalue weighted by Crippen LogP contribution is 2.45. The molecule has 0 unspecified atom stereocenters. The number of anilines is 1. The first-order chi connectivity index (χ1) is 14.1. The van der Waals surface area contributed by atoms with Crippen LogP contribution in [0.1, 0.15) is 74.0 Å². The summed E-state index contributed by atoms with van der Waals surface area (Å²) in [6.07, 6.45) is 2.84. The minimum absolute atomic E-state index is 0.118. The highest BCUT2D eigenvalue weighted by Gasteiger charge is 2.37. The molecule has 2 aromatic carbocycles. The van der Waals surface area contributed by atoms with Gasteiger partial charge in [-0.2, -0.15) is 5.10 Å². The van der Waals surface area contributed by atoms with E-state index in [1.54, 1.807) is 37.6 Å². The van der Waals surface area contributed by atoms with Gasteiger partial charge in [-0.15, -0.1) is 0 Å². The van der Waals surface area contributed by atoms with E-state index in [1.165, 1.54) is 11.3 Å². The van der Waals surface area contributed by atoms with Gasteiger partial charge in [0.1, 0.15) is 5.75 Å². The molecule has 0 saturated carbocycles. The number of amides is 1. The number of nitrogens with zero attached hydrogens (tertiary/aromatic N) is 2. The quantitative estimate of drug-likeness (QED) is 0.543. The predicted octanol–water partition coefficient (Wildman–Crippen LogP) is 5.27. The molecule has 3 rings (SSSR count). The summed E-state index contributed by atoms with van der Waals surface area (Å²) in [5, 5.41) is 4.21. The van der Waals surface area contributed by atoms with Crippen molar-refractivity contribution in [3.8, 4) is 5.75 Å². The number of benzene rings is 2. The molecule has 5 heteroatoms. The zero-order valence-corrected chi connectivity index (χ0v) is 19.1. The van der Waals surface area contributed by atoms with E-state index in [0.29, 0.717) is 23.3 Å². The number of nitrogens with one attached hydrogen (secondary N) is 1. The molecule has 0 saturated heterocycles. The highest BCUT2D eigenvalue weighted by molar-refractivity contribution is 5.95. The average Bonchev–Trinajstić information content (AvgIpc) is 2.67. The zero-order valence-electron chi connectivity index (χ0n) is 19.1. The smallest absolute Gasteiger partial charge is 0.271 e. The minimum Gasteiger partial charge on any atom is -0.497 e. The number of hydrazone groups is 1. The van der Waals surface area contributed by atoms with Gasteiger partial charge in [-0.25, -0.2) is 5.43 Å². The number of carbonyl (C=O) groups excluding carboxylic acids is 1. The van der Waals surface area contributed by atoms with E-state index < -0.39 is 0 Å². The first-order valence-corrected chi connectivity index (χ1v) is 10.6. The van der Waals surface area contributed by atoms with Crippen LogP contribution in [0.25, 0.3) is 0 Å². The van der Waals surface area contributed by atoms with Crippen molar-refractivity contribution in [2.45, 2.75) is 65.5 Å². The number of carbonyl (C=O) groups is 1. The van der Waals surface area contributed by atoms with Gasteiger partial charge in [-0.3, -0.25) is 4.79 Å². The molecule has 0 aliphatic carbocycles. The Morgan fingerprint density at radius 3 is 2.70 bits per heavy atom. The van der Waals surface area contributed by atoms with Crippen LogP contribution in [0.5, 0.6) is 5.75 Å². The van der Waals surface area contributed by atoms with Crippen molar-refractivity contribution in [3.63, 3.8) is 0 Å². The van der Waals surface area contributed by atoms with E-state index >= 15 is 0 Å². The maximum Gasteiger partial charge on any atom is 0.271 e. The van der Waals surface area contributed by atoms with Crippen LogP contribution in [0, 0.1) is 6.92 Å². The third kappa shape index (κ3) is 4.35. The standard InChI is InChI=1S/C25H33N3O2/c1-16(2)28-23-11-17(3)20(13-22(23)18(4)14-25(28,5)6)15-26-27-24(29)19-9-8-10-21(12-19)30-7/h8-13,15-16,18H,14H2,1-7H3,(H,27,29)/b26-15-/t18-/m1/s1. The van der Waals surface area contributed by atoms with E-state index in [1.807, 2.05) is 0 Å². The van der Waals surface area contributed by atoms with Gasteiger partial charge < -0.3 is 9.64 Å². The van der Waals surface area contributed by atoms with Gasteiger partial charge in [0.2, 0.25) is 0 Å². The molecule has 1 heterocycles. The molecule has 0 radical (unpaired) electrons. The van der Waals surface area contributed by atoms with Crippen LogP contribution in [-0.2, 0) is 0 Å². The van der Waals surface area contributed by atoms with Crippen LogP contribution in [-0.4, -0.2) is 30.8 Å². The Kier molecular flexibility index (Phi) is 6.20. The van der Waals surface area contributed by atoms with Gasteiger partial charge in [0.15, 0.2) is 0 Å². The molecule has 1 aliphatic rings. The van der Waals surface area contributed by atoms with Crippen molar-refractivity contribution in [1.82, 2.24) is 5.43 Å². The average molecular weight is 408 g/mol.